The lowest BCUT2D eigenvalue weighted by Gasteiger charge is -2.18. The molecular formula is C17H23IN4S2. The lowest BCUT2D eigenvalue weighted by atomic mass is 10.4. The van der Waals surface area contributed by atoms with Crippen molar-refractivity contribution >= 4 is 53.0 Å². The van der Waals surface area contributed by atoms with Crippen molar-refractivity contribution < 1.29 is 0 Å². The summed E-state index contributed by atoms with van der Waals surface area (Å²) < 4.78 is 0.319. The van der Waals surface area contributed by atoms with Crippen molar-refractivity contribution in [3.8, 4) is 0 Å². The molecule has 0 aliphatic heterocycles. The van der Waals surface area contributed by atoms with E-state index in [1.807, 2.05) is 31.2 Å². The van der Waals surface area contributed by atoms with Gasteiger partial charge in [-0.2, -0.15) is 0 Å². The van der Waals surface area contributed by atoms with E-state index >= 15 is 0 Å². The number of aryl methyl sites for hydroxylation is 1. The lowest BCUT2D eigenvalue weighted by Crippen LogP contribution is -2.40. The van der Waals surface area contributed by atoms with E-state index in [1.54, 1.807) is 11.3 Å². The van der Waals surface area contributed by atoms with Crippen LogP contribution >= 0.6 is 47.1 Å². The topological polar surface area (TPSA) is 49.3 Å². The molecule has 0 radical (unpaired) electrons. The van der Waals surface area contributed by atoms with Crippen molar-refractivity contribution in [2.45, 2.75) is 36.0 Å². The molecule has 0 unspecified atom stereocenters. The summed E-state index contributed by atoms with van der Waals surface area (Å²) in [5, 5.41) is 6.85. The minimum absolute atomic E-state index is 0. The molecule has 1 fully saturated rings. The van der Waals surface area contributed by atoms with Crippen LogP contribution in [-0.2, 0) is 6.54 Å². The molecule has 4 nitrogen and oxygen atoms in total. The molecule has 0 spiro atoms. The summed E-state index contributed by atoms with van der Waals surface area (Å²) >= 11 is 3.65. The number of nitrogens with one attached hydrogen (secondary N) is 2. The molecular weight excluding hydrogens is 451 g/mol. The second-order valence-corrected chi connectivity index (χ2v) is 8.22. The number of hydrogen-bond donors (Lipinski definition) is 2. The first-order chi connectivity index (χ1) is 11.2. The molecule has 0 bridgehead atoms. The van der Waals surface area contributed by atoms with Gasteiger partial charge in [-0.25, -0.2) is 4.98 Å². The molecule has 130 valence electrons. The minimum atomic E-state index is 0. The quantitative estimate of drug-likeness (QED) is 0.377. The fraction of sp³-hybridized carbons (Fsp3) is 0.412. The summed E-state index contributed by atoms with van der Waals surface area (Å²) in [6.45, 7) is 3.75. The Hall–Kier alpha value is -0.800. The molecule has 0 atom stereocenters. The average Bonchev–Trinajstić information content (AvgIpc) is 3.21. The van der Waals surface area contributed by atoms with Crippen LogP contribution in [0.25, 0.3) is 0 Å². The Labute approximate surface area is 169 Å². The zero-order valence-electron chi connectivity index (χ0n) is 13.9. The number of rotatable bonds is 6. The van der Waals surface area contributed by atoms with Crippen molar-refractivity contribution in [1.82, 2.24) is 15.6 Å². The summed E-state index contributed by atoms with van der Waals surface area (Å²) in [5.41, 5.74) is 2.98. The summed E-state index contributed by atoms with van der Waals surface area (Å²) in [4.78, 5) is 11.2. The number of nitrogens with zero attached hydrogens (tertiary/aromatic N) is 2. The van der Waals surface area contributed by atoms with E-state index in [2.05, 4.69) is 50.9 Å². The fourth-order valence-electron chi connectivity index (χ4n) is 2.32. The maximum Gasteiger partial charge on any atom is 0.191 e. The van der Waals surface area contributed by atoms with Gasteiger partial charge >= 0.3 is 0 Å². The lowest BCUT2D eigenvalue weighted by molar-refractivity contribution is 0.767. The monoisotopic (exact) mass is 474 g/mol. The SMILES string of the molecule is CN=C(NCc1scnc1C)NCC1(Sc2ccccc2)CC1.I. The van der Waals surface area contributed by atoms with Crippen molar-refractivity contribution in [2.75, 3.05) is 13.6 Å². The predicted molar refractivity (Wildman–Crippen MR) is 115 cm³/mol. The summed E-state index contributed by atoms with van der Waals surface area (Å²) in [5.74, 6) is 0.859. The van der Waals surface area contributed by atoms with Crippen LogP contribution in [-0.4, -0.2) is 29.3 Å². The van der Waals surface area contributed by atoms with Gasteiger partial charge < -0.3 is 10.6 Å². The molecule has 1 saturated carbocycles. The Morgan fingerprint density at radius 1 is 1.29 bits per heavy atom. The van der Waals surface area contributed by atoms with Crippen LogP contribution < -0.4 is 10.6 Å². The van der Waals surface area contributed by atoms with Crippen LogP contribution in [0.5, 0.6) is 0 Å². The Morgan fingerprint density at radius 2 is 2.04 bits per heavy atom. The smallest absolute Gasteiger partial charge is 0.191 e. The number of thiazole rings is 1. The van der Waals surface area contributed by atoms with Gasteiger partial charge in [0.15, 0.2) is 5.96 Å². The molecule has 1 aliphatic rings. The van der Waals surface area contributed by atoms with E-state index < -0.39 is 0 Å². The van der Waals surface area contributed by atoms with E-state index in [4.69, 9.17) is 0 Å². The fourth-order valence-corrected chi connectivity index (χ4v) is 4.28. The van der Waals surface area contributed by atoms with Crippen LogP contribution in [0, 0.1) is 6.92 Å². The van der Waals surface area contributed by atoms with Crippen molar-refractivity contribution in [3.63, 3.8) is 0 Å². The molecule has 3 rings (SSSR count). The van der Waals surface area contributed by atoms with E-state index in [9.17, 15) is 0 Å². The largest absolute Gasteiger partial charge is 0.355 e. The molecule has 7 heteroatoms. The van der Waals surface area contributed by atoms with Crippen LogP contribution in [0.4, 0.5) is 0 Å². The first kappa shape index (κ1) is 19.5. The average molecular weight is 474 g/mol. The second-order valence-electron chi connectivity index (χ2n) is 5.74. The predicted octanol–water partition coefficient (Wildman–Crippen LogP) is 4.06. The highest BCUT2D eigenvalue weighted by molar-refractivity contribution is 14.0. The Morgan fingerprint density at radius 3 is 2.62 bits per heavy atom. The number of guanidine groups is 1. The second kappa shape index (κ2) is 9.05. The zero-order chi connectivity index (χ0) is 16.1. The van der Waals surface area contributed by atoms with Gasteiger partial charge in [-0.05, 0) is 31.9 Å². The van der Waals surface area contributed by atoms with Gasteiger partial charge in [-0.15, -0.1) is 47.1 Å². The van der Waals surface area contributed by atoms with Gasteiger partial charge in [-0.1, -0.05) is 18.2 Å². The summed E-state index contributed by atoms with van der Waals surface area (Å²) in [6.07, 6.45) is 2.51. The van der Waals surface area contributed by atoms with Gasteiger partial charge in [0, 0.05) is 28.1 Å². The Kier molecular flexibility index (Phi) is 7.36. The molecule has 1 aliphatic carbocycles. The van der Waals surface area contributed by atoms with E-state index in [0.29, 0.717) is 4.75 Å². The number of hydrogen-bond acceptors (Lipinski definition) is 4. The number of aliphatic imine (C=N–C) groups is 1. The van der Waals surface area contributed by atoms with Gasteiger partial charge in [0.05, 0.1) is 17.7 Å². The summed E-state index contributed by atoms with van der Waals surface area (Å²) in [7, 11) is 1.82. The number of benzene rings is 1. The van der Waals surface area contributed by atoms with Crippen molar-refractivity contribution in [3.05, 3.63) is 46.4 Å². The maximum atomic E-state index is 4.32. The molecule has 24 heavy (non-hydrogen) atoms. The molecule has 2 aromatic rings. The number of halogens is 1. The third-order valence-corrected chi connectivity index (χ3v) is 6.38. The molecule has 1 heterocycles. The maximum absolute atomic E-state index is 4.32. The molecule has 1 aromatic carbocycles. The van der Waals surface area contributed by atoms with Gasteiger partial charge in [0.1, 0.15) is 0 Å². The molecule has 0 amide bonds. The zero-order valence-corrected chi connectivity index (χ0v) is 17.9. The third kappa shape index (κ3) is 5.35. The molecule has 0 saturated heterocycles. The number of aromatic nitrogens is 1. The highest BCUT2D eigenvalue weighted by atomic mass is 127. The third-order valence-electron chi connectivity index (χ3n) is 3.95. The minimum Gasteiger partial charge on any atom is -0.355 e. The first-order valence-electron chi connectivity index (χ1n) is 7.78. The van der Waals surface area contributed by atoms with Crippen molar-refractivity contribution in [2.24, 2.45) is 4.99 Å². The van der Waals surface area contributed by atoms with Gasteiger partial charge in [0.25, 0.3) is 0 Å². The summed E-state index contributed by atoms with van der Waals surface area (Å²) in [6, 6.07) is 10.6. The van der Waals surface area contributed by atoms with Gasteiger partial charge in [-0.3, -0.25) is 4.99 Å². The first-order valence-corrected chi connectivity index (χ1v) is 9.48. The van der Waals surface area contributed by atoms with Crippen LogP contribution in [0.1, 0.15) is 23.4 Å². The normalized spacial score (nSPS) is 15.5. The van der Waals surface area contributed by atoms with E-state index in [0.717, 1.165) is 24.7 Å². The molecule has 1 aromatic heterocycles. The van der Waals surface area contributed by atoms with E-state index in [1.165, 1.54) is 22.6 Å². The van der Waals surface area contributed by atoms with Gasteiger partial charge in [0.2, 0.25) is 0 Å². The highest BCUT2D eigenvalue weighted by Crippen LogP contribution is 2.51. The van der Waals surface area contributed by atoms with Crippen molar-refractivity contribution in [1.29, 1.82) is 0 Å². The Bertz CT molecular complexity index is 668. The van der Waals surface area contributed by atoms with Crippen LogP contribution in [0.3, 0.4) is 0 Å². The number of thioether (sulfide) groups is 1. The molecule has 2 N–H and O–H groups in total. The van der Waals surface area contributed by atoms with Crippen LogP contribution in [0.15, 0.2) is 45.7 Å². The highest BCUT2D eigenvalue weighted by Gasteiger charge is 2.43. The van der Waals surface area contributed by atoms with Crippen LogP contribution in [0.2, 0.25) is 0 Å². The standard InChI is InChI=1S/C17H22N4S2.HI/c1-13-15(22-12-21-13)10-19-16(18-2)20-11-17(8-9-17)23-14-6-4-3-5-7-14;/h3-7,12H,8-11H2,1-2H3,(H2,18,19,20);1H. The Balaban J connectivity index is 0.00000208. The van der Waals surface area contributed by atoms with E-state index in [-0.39, 0.29) is 24.0 Å².